The standard InChI is InChI=1S/C12H10F3N3S/c13-12(14,15)8-2-1-3-9(6-8)17-11(19)18-10-4-5-16-7-10/h1-7,16H,(H2,17,18,19). The SMILES string of the molecule is FC(F)(F)c1cccc(NC(=S)Nc2cc[nH]c2)c1. The van der Waals surface area contributed by atoms with Crippen molar-refractivity contribution in [3.8, 4) is 0 Å². The highest BCUT2D eigenvalue weighted by atomic mass is 32.1. The quantitative estimate of drug-likeness (QED) is 0.734. The van der Waals surface area contributed by atoms with E-state index in [2.05, 4.69) is 15.6 Å². The van der Waals surface area contributed by atoms with E-state index in [1.54, 1.807) is 18.5 Å². The molecule has 2 aromatic rings. The first-order valence-electron chi connectivity index (χ1n) is 5.33. The fraction of sp³-hybridized carbons (Fsp3) is 0.0833. The van der Waals surface area contributed by atoms with Crippen molar-refractivity contribution in [3.05, 3.63) is 48.3 Å². The van der Waals surface area contributed by atoms with E-state index in [1.807, 2.05) is 0 Å². The van der Waals surface area contributed by atoms with Crippen LogP contribution in [0.5, 0.6) is 0 Å². The minimum absolute atomic E-state index is 0.221. The number of thiocarbonyl (C=S) groups is 1. The van der Waals surface area contributed by atoms with Crippen molar-refractivity contribution in [2.24, 2.45) is 0 Å². The summed E-state index contributed by atoms with van der Waals surface area (Å²) in [5.74, 6) is 0. The van der Waals surface area contributed by atoms with Gasteiger partial charge in [-0.15, -0.1) is 0 Å². The molecule has 0 unspecified atom stereocenters. The number of aromatic amines is 1. The van der Waals surface area contributed by atoms with Crippen LogP contribution in [0, 0.1) is 0 Å². The molecule has 0 saturated heterocycles. The molecule has 3 N–H and O–H groups in total. The maximum atomic E-state index is 12.5. The maximum Gasteiger partial charge on any atom is 0.416 e. The molecule has 0 atom stereocenters. The summed E-state index contributed by atoms with van der Waals surface area (Å²) in [6.45, 7) is 0. The van der Waals surface area contributed by atoms with Crippen molar-refractivity contribution in [2.75, 3.05) is 10.6 Å². The highest BCUT2D eigenvalue weighted by Gasteiger charge is 2.30. The Hall–Kier alpha value is -2.02. The molecular formula is C12H10F3N3S. The molecule has 0 spiro atoms. The first-order valence-corrected chi connectivity index (χ1v) is 5.74. The van der Waals surface area contributed by atoms with Crippen LogP contribution in [0.3, 0.4) is 0 Å². The van der Waals surface area contributed by atoms with E-state index in [9.17, 15) is 13.2 Å². The zero-order chi connectivity index (χ0) is 13.9. The minimum Gasteiger partial charge on any atom is -0.366 e. The van der Waals surface area contributed by atoms with Gasteiger partial charge < -0.3 is 15.6 Å². The van der Waals surface area contributed by atoms with Gasteiger partial charge in [-0.1, -0.05) is 6.07 Å². The highest BCUT2D eigenvalue weighted by molar-refractivity contribution is 7.80. The second kappa shape index (κ2) is 5.31. The van der Waals surface area contributed by atoms with Crippen LogP contribution in [0.1, 0.15) is 5.56 Å². The lowest BCUT2D eigenvalue weighted by atomic mass is 10.2. The van der Waals surface area contributed by atoms with Gasteiger partial charge in [-0.25, -0.2) is 0 Å². The fourth-order valence-electron chi connectivity index (χ4n) is 1.47. The molecule has 0 saturated carbocycles. The lowest BCUT2D eigenvalue weighted by Crippen LogP contribution is -2.19. The Morgan fingerprint density at radius 1 is 1.11 bits per heavy atom. The summed E-state index contributed by atoms with van der Waals surface area (Å²) in [6.07, 6.45) is -0.983. The largest absolute Gasteiger partial charge is 0.416 e. The molecule has 1 heterocycles. The Morgan fingerprint density at radius 2 is 1.84 bits per heavy atom. The zero-order valence-electron chi connectivity index (χ0n) is 9.58. The molecule has 1 aromatic carbocycles. The van der Waals surface area contributed by atoms with E-state index in [0.717, 1.165) is 17.8 Å². The van der Waals surface area contributed by atoms with Crippen molar-refractivity contribution >= 4 is 28.7 Å². The van der Waals surface area contributed by atoms with Crippen LogP contribution >= 0.6 is 12.2 Å². The van der Waals surface area contributed by atoms with E-state index in [1.165, 1.54) is 12.1 Å². The number of rotatable bonds is 2. The van der Waals surface area contributed by atoms with E-state index in [0.29, 0.717) is 0 Å². The number of nitrogens with one attached hydrogen (secondary N) is 3. The predicted octanol–water partition coefficient (Wildman–Crippen LogP) is 3.84. The molecule has 0 aliphatic heterocycles. The van der Waals surface area contributed by atoms with Gasteiger partial charge in [0.05, 0.1) is 11.3 Å². The van der Waals surface area contributed by atoms with Crippen LogP contribution in [-0.4, -0.2) is 10.1 Å². The number of H-pyrrole nitrogens is 1. The number of hydrogen-bond donors (Lipinski definition) is 3. The van der Waals surface area contributed by atoms with Gasteiger partial charge in [0.25, 0.3) is 0 Å². The van der Waals surface area contributed by atoms with E-state index >= 15 is 0 Å². The number of alkyl halides is 3. The van der Waals surface area contributed by atoms with Gasteiger partial charge in [0.1, 0.15) is 0 Å². The summed E-state index contributed by atoms with van der Waals surface area (Å²) in [7, 11) is 0. The van der Waals surface area contributed by atoms with Gasteiger partial charge in [0.2, 0.25) is 0 Å². The summed E-state index contributed by atoms with van der Waals surface area (Å²) < 4.78 is 37.6. The molecule has 0 aliphatic rings. The van der Waals surface area contributed by atoms with E-state index in [4.69, 9.17) is 12.2 Å². The van der Waals surface area contributed by atoms with Gasteiger partial charge >= 0.3 is 6.18 Å². The Kier molecular flexibility index (Phi) is 3.75. The van der Waals surface area contributed by atoms with Gasteiger partial charge in [-0.3, -0.25) is 0 Å². The molecule has 1 aromatic heterocycles. The van der Waals surface area contributed by atoms with Crippen LogP contribution in [0.2, 0.25) is 0 Å². The highest BCUT2D eigenvalue weighted by Crippen LogP contribution is 2.30. The van der Waals surface area contributed by atoms with Crippen molar-refractivity contribution in [2.45, 2.75) is 6.18 Å². The Morgan fingerprint density at radius 3 is 2.47 bits per heavy atom. The summed E-state index contributed by atoms with van der Waals surface area (Å²) >= 11 is 5.00. The number of hydrogen-bond acceptors (Lipinski definition) is 1. The summed E-state index contributed by atoms with van der Waals surface area (Å²) in [4.78, 5) is 2.83. The van der Waals surface area contributed by atoms with Crippen LogP contribution < -0.4 is 10.6 Å². The van der Waals surface area contributed by atoms with Gasteiger partial charge in [0, 0.05) is 18.1 Å². The molecular weight excluding hydrogens is 275 g/mol. The fourth-order valence-corrected chi connectivity index (χ4v) is 1.70. The molecule has 0 bridgehead atoms. The predicted molar refractivity (Wildman–Crippen MR) is 72.1 cm³/mol. The molecule has 7 heteroatoms. The van der Waals surface area contributed by atoms with Crippen LogP contribution in [0.4, 0.5) is 24.5 Å². The molecule has 2 rings (SSSR count). The third kappa shape index (κ3) is 3.72. The van der Waals surface area contributed by atoms with Gasteiger partial charge in [-0.05, 0) is 36.5 Å². The van der Waals surface area contributed by atoms with Crippen molar-refractivity contribution in [1.29, 1.82) is 0 Å². The Labute approximate surface area is 112 Å². The van der Waals surface area contributed by atoms with E-state index in [-0.39, 0.29) is 10.8 Å². The molecule has 0 amide bonds. The maximum absolute atomic E-state index is 12.5. The topological polar surface area (TPSA) is 39.8 Å². The van der Waals surface area contributed by atoms with Crippen molar-refractivity contribution < 1.29 is 13.2 Å². The van der Waals surface area contributed by atoms with Crippen molar-refractivity contribution in [3.63, 3.8) is 0 Å². The monoisotopic (exact) mass is 285 g/mol. The second-order valence-electron chi connectivity index (χ2n) is 3.76. The number of anilines is 2. The molecule has 0 fully saturated rings. The minimum atomic E-state index is -4.37. The number of benzene rings is 1. The third-order valence-corrected chi connectivity index (χ3v) is 2.51. The summed E-state index contributed by atoms with van der Waals surface area (Å²) in [5.41, 5.74) is 0.286. The van der Waals surface area contributed by atoms with Crippen LogP contribution in [-0.2, 0) is 6.18 Å². The lowest BCUT2D eigenvalue weighted by Gasteiger charge is -2.11. The Balaban J connectivity index is 2.05. The van der Waals surface area contributed by atoms with Gasteiger partial charge in [0.15, 0.2) is 5.11 Å². The summed E-state index contributed by atoms with van der Waals surface area (Å²) in [5, 5.41) is 5.76. The number of aromatic nitrogens is 1. The van der Waals surface area contributed by atoms with Gasteiger partial charge in [-0.2, -0.15) is 13.2 Å². The Bertz CT molecular complexity index is 564. The average Bonchev–Trinajstić information content (AvgIpc) is 2.80. The summed E-state index contributed by atoms with van der Waals surface area (Å²) in [6, 6.07) is 6.60. The molecule has 0 radical (unpaired) electrons. The van der Waals surface area contributed by atoms with Crippen molar-refractivity contribution in [1.82, 2.24) is 4.98 Å². The third-order valence-electron chi connectivity index (χ3n) is 2.30. The molecule has 100 valence electrons. The first kappa shape index (κ1) is 13.4. The molecule has 19 heavy (non-hydrogen) atoms. The normalized spacial score (nSPS) is 11.1. The number of halogens is 3. The smallest absolute Gasteiger partial charge is 0.366 e. The molecule has 3 nitrogen and oxygen atoms in total. The first-order chi connectivity index (χ1) is 8.95. The molecule has 0 aliphatic carbocycles. The van der Waals surface area contributed by atoms with E-state index < -0.39 is 11.7 Å². The second-order valence-corrected chi connectivity index (χ2v) is 4.17. The van der Waals surface area contributed by atoms with Crippen LogP contribution in [0.25, 0.3) is 0 Å². The van der Waals surface area contributed by atoms with Crippen LogP contribution in [0.15, 0.2) is 42.7 Å². The zero-order valence-corrected chi connectivity index (χ0v) is 10.4. The average molecular weight is 285 g/mol. The lowest BCUT2D eigenvalue weighted by molar-refractivity contribution is -0.137.